The third-order valence-corrected chi connectivity index (χ3v) is 14.6. The first-order chi connectivity index (χ1) is 31.3. The predicted octanol–water partition coefficient (Wildman–Crippen LogP) is 15.2. The Balaban J connectivity index is 1.19. The molecule has 0 radical (unpaired) electrons. The summed E-state index contributed by atoms with van der Waals surface area (Å²) < 4.78 is 2.55. The molecule has 11 aromatic rings. The normalized spacial score (nSPS) is 14.3. The molecule has 63 heavy (non-hydrogen) atoms. The van der Waals surface area contributed by atoms with Gasteiger partial charge in [0.25, 0.3) is 0 Å². The van der Waals surface area contributed by atoms with Crippen LogP contribution in [0.15, 0.2) is 237 Å². The van der Waals surface area contributed by atoms with Crippen molar-refractivity contribution in [1.29, 1.82) is 0 Å². The van der Waals surface area contributed by atoms with Crippen LogP contribution in [0.5, 0.6) is 0 Å². The summed E-state index contributed by atoms with van der Waals surface area (Å²) in [7, 11) is 0. The zero-order valence-electron chi connectivity index (χ0n) is 34.5. The fourth-order valence-corrected chi connectivity index (χ4v) is 12.3. The maximum Gasteiger partial charge on any atom is 0.0720 e. The van der Waals surface area contributed by atoms with Crippen molar-refractivity contribution >= 4 is 21.8 Å². The van der Waals surface area contributed by atoms with Crippen molar-refractivity contribution in [2.75, 3.05) is 0 Å². The Morgan fingerprint density at radius 2 is 0.619 bits per heavy atom. The van der Waals surface area contributed by atoms with Crippen LogP contribution >= 0.6 is 0 Å². The highest BCUT2D eigenvalue weighted by atomic mass is 15.0. The first-order valence-electron chi connectivity index (χ1n) is 22.1. The Bertz CT molecular complexity index is 3530. The van der Waals surface area contributed by atoms with E-state index in [2.05, 4.69) is 241 Å². The Morgan fingerprint density at radius 3 is 1.10 bits per heavy atom. The fraction of sp³-hybridized carbons (Fsp3) is 0.0323. The first kappa shape index (κ1) is 34.7. The molecular weight excluding hydrogens is 759 g/mol. The predicted molar refractivity (Wildman–Crippen MR) is 260 cm³/mol. The van der Waals surface area contributed by atoms with Crippen molar-refractivity contribution in [3.8, 4) is 50.2 Å². The third-order valence-electron chi connectivity index (χ3n) is 14.6. The Hall–Kier alpha value is -8.00. The Labute approximate surface area is 366 Å². The summed E-state index contributed by atoms with van der Waals surface area (Å²) in [6.07, 6.45) is 0. The summed E-state index contributed by atoms with van der Waals surface area (Å²) in [5, 5.41) is 2.50. The van der Waals surface area contributed by atoms with Gasteiger partial charge in [0.1, 0.15) is 0 Å². The van der Waals surface area contributed by atoms with Crippen molar-refractivity contribution in [3.05, 3.63) is 281 Å². The number of benzene rings is 10. The highest BCUT2D eigenvalue weighted by Gasteiger charge is 2.59. The molecule has 3 aliphatic rings. The molecular formula is C62H39N. The van der Waals surface area contributed by atoms with Crippen LogP contribution in [0.4, 0.5) is 0 Å². The van der Waals surface area contributed by atoms with Crippen LogP contribution in [0.25, 0.3) is 72.0 Å². The highest BCUT2D eigenvalue weighted by Crippen LogP contribution is 2.68. The molecule has 2 spiro atoms. The molecule has 3 aliphatic carbocycles. The van der Waals surface area contributed by atoms with Crippen molar-refractivity contribution in [1.82, 2.24) is 4.57 Å². The molecule has 1 heteroatoms. The summed E-state index contributed by atoms with van der Waals surface area (Å²) >= 11 is 0. The lowest BCUT2D eigenvalue weighted by molar-refractivity contribution is 0.634. The van der Waals surface area contributed by atoms with Gasteiger partial charge < -0.3 is 4.57 Å². The van der Waals surface area contributed by atoms with Crippen molar-refractivity contribution in [3.63, 3.8) is 0 Å². The second kappa shape index (κ2) is 12.8. The van der Waals surface area contributed by atoms with Crippen LogP contribution in [0, 0.1) is 0 Å². The second-order valence-electron chi connectivity index (χ2n) is 17.5. The van der Waals surface area contributed by atoms with Crippen LogP contribution in [-0.4, -0.2) is 4.57 Å². The monoisotopic (exact) mass is 797 g/mol. The van der Waals surface area contributed by atoms with Gasteiger partial charge in [-0.2, -0.15) is 0 Å². The van der Waals surface area contributed by atoms with E-state index in [0.717, 1.165) is 5.69 Å². The third kappa shape index (κ3) is 4.41. The maximum atomic E-state index is 2.61. The zero-order valence-corrected chi connectivity index (χ0v) is 34.5. The topological polar surface area (TPSA) is 4.93 Å². The Kier molecular flexibility index (Phi) is 7.03. The fourth-order valence-electron chi connectivity index (χ4n) is 12.3. The number of para-hydroxylation sites is 1. The summed E-state index contributed by atoms with van der Waals surface area (Å²) in [5.41, 5.74) is 23.2. The summed E-state index contributed by atoms with van der Waals surface area (Å²) in [6, 6.07) is 89.3. The molecule has 1 nitrogen and oxygen atoms in total. The minimum atomic E-state index is -0.576. The van der Waals surface area contributed by atoms with Gasteiger partial charge in [0.2, 0.25) is 0 Å². The molecule has 0 saturated carbocycles. The highest BCUT2D eigenvalue weighted by molar-refractivity contribution is 6.11. The summed E-state index contributed by atoms with van der Waals surface area (Å²) in [6.45, 7) is 0. The number of aromatic nitrogens is 1. The quantitative estimate of drug-likeness (QED) is 0.168. The standard InChI is InChI=1S/C62H39N/c1-3-19-40(20-4-1)42-35-43(41-21-5-2-6-22-41)37-44(36-42)63-59-34-18-11-27-49(59)50-38-57-58(39-60(50)63)62(53-30-14-9-25-47(53)48-26-10-15-31-54(48)62)56-33-17-16-32-55(56)61(57)51-28-12-7-23-45(51)46-24-8-13-29-52(46)61/h1-39H. The lowest BCUT2D eigenvalue weighted by Crippen LogP contribution is -2.43. The molecule has 0 amide bonds. The van der Waals surface area contributed by atoms with Gasteiger partial charge in [-0.3, -0.25) is 0 Å². The van der Waals surface area contributed by atoms with Gasteiger partial charge >= 0.3 is 0 Å². The number of nitrogens with zero attached hydrogens (tertiary/aromatic N) is 1. The molecule has 292 valence electrons. The lowest BCUT2D eigenvalue weighted by Gasteiger charge is -2.49. The zero-order chi connectivity index (χ0) is 41.3. The van der Waals surface area contributed by atoms with E-state index in [9.17, 15) is 0 Å². The van der Waals surface area contributed by atoms with Gasteiger partial charge in [0, 0.05) is 16.5 Å². The molecule has 0 unspecified atom stereocenters. The largest absolute Gasteiger partial charge is 0.309 e. The van der Waals surface area contributed by atoms with E-state index < -0.39 is 10.8 Å². The van der Waals surface area contributed by atoms with Gasteiger partial charge in [0.15, 0.2) is 0 Å². The van der Waals surface area contributed by atoms with Gasteiger partial charge in [-0.1, -0.05) is 200 Å². The van der Waals surface area contributed by atoms with E-state index >= 15 is 0 Å². The molecule has 1 aromatic heterocycles. The summed E-state index contributed by atoms with van der Waals surface area (Å²) in [5.74, 6) is 0. The molecule has 10 aromatic carbocycles. The van der Waals surface area contributed by atoms with Crippen LogP contribution < -0.4 is 0 Å². The van der Waals surface area contributed by atoms with E-state index in [1.165, 1.54) is 111 Å². The average Bonchev–Trinajstić information content (AvgIpc) is 3.96. The van der Waals surface area contributed by atoms with E-state index in [0.29, 0.717) is 0 Å². The number of hydrogen-bond acceptors (Lipinski definition) is 0. The molecule has 0 atom stereocenters. The second-order valence-corrected chi connectivity index (χ2v) is 17.5. The van der Waals surface area contributed by atoms with Crippen molar-refractivity contribution in [2.45, 2.75) is 10.8 Å². The van der Waals surface area contributed by atoms with Gasteiger partial charge in [0.05, 0.1) is 21.9 Å². The van der Waals surface area contributed by atoms with Crippen molar-refractivity contribution in [2.24, 2.45) is 0 Å². The smallest absolute Gasteiger partial charge is 0.0720 e. The SMILES string of the molecule is c1ccc(-c2cc(-c3ccccc3)cc(-n3c4ccccc4c4cc5c(cc43)C3(c4ccccc4-c4ccccc43)c3ccccc3C53c4ccccc4-c4ccccc43)c2)cc1. The molecule has 14 rings (SSSR count). The molecule has 0 aliphatic heterocycles. The molecule has 0 fully saturated rings. The van der Waals surface area contributed by atoms with Gasteiger partial charge in [-0.05, 0) is 125 Å². The van der Waals surface area contributed by atoms with Crippen LogP contribution in [0.1, 0.15) is 44.5 Å². The van der Waals surface area contributed by atoms with Crippen molar-refractivity contribution < 1.29 is 0 Å². The van der Waals surface area contributed by atoms with Gasteiger partial charge in [-0.15, -0.1) is 0 Å². The van der Waals surface area contributed by atoms with E-state index in [1.54, 1.807) is 0 Å². The number of rotatable bonds is 3. The molecule has 0 bridgehead atoms. The van der Waals surface area contributed by atoms with Gasteiger partial charge in [-0.25, -0.2) is 0 Å². The van der Waals surface area contributed by atoms with Crippen LogP contribution in [-0.2, 0) is 10.8 Å². The Morgan fingerprint density at radius 1 is 0.238 bits per heavy atom. The van der Waals surface area contributed by atoms with E-state index in [4.69, 9.17) is 0 Å². The molecule has 0 saturated heterocycles. The van der Waals surface area contributed by atoms with E-state index in [1.807, 2.05) is 0 Å². The molecule has 0 N–H and O–H groups in total. The lowest BCUT2D eigenvalue weighted by atomic mass is 9.52. The minimum absolute atomic E-state index is 0.554. The summed E-state index contributed by atoms with van der Waals surface area (Å²) in [4.78, 5) is 0. The first-order valence-corrected chi connectivity index (χ1v) is 22.1. The van der Waals surface area contributed by atoms with Crippen LogP contribution in [0.2, 0.25) is 0 Å². The molecule has 1 heterocycles. The number of fused-ring (bicyclic) bond motifs is 19. The van der Waals surface area contributed by atoms with Crippen LogP contribution in [0.3, 0.4) is 0 Å². The average molecular weight is 798 g/mol. The minimum Gasteiger partial charge on any atom is -0.309 e. The van der Waals surface area contributed by atoms with E-state index in [-0.39, 0.29) is 0 Å². The number of hydrogen-bond donors (Lipinski definition) is 0. The maximum absolute atomic E-state index is 2.61.